The predicted octanol–water partition coefficient (Wildman–Crippen LogP) is 4.46. The fourth-order valence-electron chi connectivity index (χ4n) is 3.25. The van der Waals surface area contributed by atoms with Crippen LogP contribution in [0.4, 0.5) is 4.39 Å². The summed E-state index contributed by atoms with van der Waals surface area (Å²) in [7, 11) is 0. The Morgan fingerprint density at radius 2 is 2.14 bits per heavy atom. The van der Waals surface area contributed by atoms with Crippen LogP contribution in [0.1, 0.15) is 36.0 Å². The molecule has 5 heteroatoms. The van der Waals surface area contributed by atoms with Gasteiger partial charge in [0.2, 0.25) is 0 Å². The Bertz CT molecular complexity index is 538. The standard InChI is InChI=1S/C16H18BrFO2S/c17-14-9-12(18)1-2-13(14)15(19)11-3-6-20-16(10-11)4-7-21-8-5-16/h1-2,9,11H,3-8,10H2. The fraction of sp³-hybridized carbons (Fsp3) is 0.562. The highest BCUT2D eigenvalue weighted by Crippen LogP contribution is 2.41. The van der Waals surface area contributed by atoms with Crippen molar-refractivity contribution in [1.29, 1.82) is 0 Å². The van der Waals surface area contributed by atoms with Crippen LogP contribution in [-0.4, -0.2) is 29.5 Å². The molecule has 1 unspecified atom stereocenters. The summed E-state index contributed by atoms with van der Waals surface area (Å²) < 4.78 is 19.8. The molecular weight excluding hydrogens is 355 g/mol. The molecule has 0 aliphatic carbocycles. The highest BCUT2D eigenvalue weighted by molar-refractivity contribution is 9.10. The Hall–Kier alpha value is -0.390. The first-order valence-corrected chi connectivity index (χ1v) is 9.25. The minimum atomic E-state index is -0.328. The number of Topliss-reactive ketones (excluding diaryl/α,β-unsaturated/α-hetero) is 1. The molecule has 2 aliphatic heterocycles. The molecular formula is C16H18BrFO2S. The lowest BCUT2D eigenvalue weighted by Gasteiger charge is -2.43. The summed E-state index contributed by atoms with van der Waals surface area (Å²) in [4.78, 5) is 12.7. The van der Waals surface area contributed by atoms with Crippen molar-refractivity contribution < 1.29 is 13.9 Å². The van der Waals surface area contributed by atoms with Crippen LogP contribution in [0.5, 0.6) is 0 Å². The average Bonchev–Trinajstić information content (AvgIpc) is 2.47. The summed E-state index contributed by atoms with van der Waals surface area (Å²) in [6, 6.07) is 4.30. The Labute approximate surface area is 137 Å². The monoisotopic (exact) mass is 372 g/mol. The molecule has 1 atom stereocenters. The van der Waals surface area contributed by atoms with E-state index in [9.17, 15) is 9.18 Å². The molecule has 2 nitrogen and oxygen atoms in total. The zero-order valence-electron chi connectivity index (χ0n) is 11.7. The zero-order valence-corrected chi connectivity index (χ0v) is 14.1. The Morgan fingerprint density at radius 3 is 2.86 bits per heavy atom. The quantitative estimate of drug-likeness (QED) is 0.716. The van der Waals surface area contributed by atoms with Gasteiger partial charge in [-0.3, -0.25) is 4.79 Å². The van der Waals surface area contributed by atoms with E-state index in [4.69, 9.17) is 4.74 Å². The maximum Gasteiger partial charge on any atom is 0.167 e. The lowest BCUT2D eigenvalue weighted by Crippen LogP contribution is -2.44. The van der Waals surface area contributed by atoms with Gasteiger partial charge in [-0.25, -0.2) is 4.39 Å². The SMILES string of the molecule is O=C(c1ccc(F)cc1Br)C1CCOC2(CCSCC2)C1. The molecule has 2 fully saturated rings. The number of ether oxygens (including phenoxy) is 1. The molecule has 21 heavy (non-hydrogen) atoms. The number of benzene rings is 1. The van der Waals surface area contributed by atoms with E-state index in [1.807, 2.05) is 11.8 Å². The minimum absolute atomic E-state index is 0.0105. The lowest BCUT2D eigenvalue weighted by molar-refractivity contribution is -0.0959. The van der Waals surface area contributed by atoms with Gasteiger partial charge in [0.05, 0.1) is 5.60 Å². The molecule has 0 N–H and O–H groups in total. The maximum atomic E-state index is 13.2. The van der Waals surface area contributed by atoms with E-state index < -0.39 is 0 Å². The van der Waals surface area contributed by atoms with Crippen LogP contribution in [-0.2, 0) is 4.74 Å². The Kier molecular flexibility index (Phi) is 4.71. The Morgan fingerprint density at radius 1 is 1.38 bits per heavy atom. The van der Waals surface area contributed by atoms with Crippen molar-refractivity contribution in [2.24, 2.45) is 5.92 Å². The second kappa shape index (κ2) is 6.39. The zero-order chi connectivity index (χ0) is 14.9. The van der Waals surface area contributed by atoms with Crippen LogP contribution in [0.3, 0.4) is 0 Å². The molecule has 1 aromatic rings. The molecule has 3 rings (SSSR count). The number of hydrogen-bond acceptors (Lipinski definition) is 3. The van der Waals surface area contributed by atoms with E-state index in [-0.39, 0.29) is 23.1 Å². The summed E-state index contributed by atoms with van der Waals surface area (Å²) in [5.74, 6) is 2.00. The van der Waals surface area contributed by atoms with Gasteiger partial charge in [-0.05, 0) is 71.3 Å². The van der Waals surface area contributed by atoms with Crippen molar-refractivity contribution in [3.63, 3.8) is 0 Å². The van der Waals surface area contributed by atoms with Crippen molar-refractivity contribution >= 4 is 33.5 Å². The molecule has 1 aromatic carbocycles. The van der Waals surface area contributed by atoms with Gasteiger partial charge in [-0.1, -0.05) is 0 Å². The Balaban J connectivity index is 1.77. The summed E-state index contributed by atoms with van der Waals surface area (Å²) in [6.07, 6.45) is 3.63. The van der Waals surface area contributed by atoms with Gasteiger partial charge < -0.3 is 4.74 Å². The molecule has 1 spiro atoms. The molecule has 2 aliphatic rings. The highest BCUT2D eigenvalue weighted by Gasteiger charge is 2.41. The normalized spacial score (nSPS) is 25.0. The van der Waals surface area contributed by atoms with Crippen LogP contribution in [0, 0.1) is 11.7 Å². The summed E-state index contributed by atoms with van der Waals surface area (Å²) in [5.41, 5.74) is 0.486. The van der Waals surface area contributed by atoms with Crippen molar-refractivity contribution in [3.8, 4) is 0 Å². The van der Waals surface area contributed by atoms with Crippen LogP contribution in [0.25, 0.3) is 0 Å². The fourth-order valence-corrected chi connectivity index (χ4v) is 5.04. The largest absolute Gasteiger partial charge is 0.375 e. The van der Waals surface area contributed by atoms with Gasteiger partial charge in [-0.15, -0.1) is 0 Å². The predicted molar refractivity (Wildman–Crippen MR) is 86.4 cm³/mol. The van der Waals surface area contributed by atoms with E-state index in [1.54, 1.807) is 6.07 Å². The first kappa shape index (κ1) is 15.5. The van der Waals surface area contributed by atoms with Gasteiger partial charge in [-0.2, -0.15) is 11.8 Å². The number of halogens is 2. The number of carbonyl (C=O) groups excluding carboxylic acids is 1. The third kappa shape index (κ3) is 3.35. The van der Waals surface area contributed by atoms with Crippen molar-refractivity contribution in [2.75, 3.05) is 18.1 Å². The van der Waals surface area contributed by atoms with Crippen LogP contribution < -0.4 is 0 Å². The van der Waals surface area contributed by atoms with E-state index in [0.29, 0.717) is 16.6 Å². The molecule has 114 valence electrons. The third-order valence-electron chi connectivity index (χ3n) is 4.46. The molecule has 2 heterocycles. The van der Waals surface area contributed by atoms with Gasteiger partial charge in [0.25, 0.3) is 0 Å². The van der Waals surface area contributed by atoms with Crippen molar-refractivity contribution in [1.82, 2.24) is 0 Å². The number of carbonyl (C=O) groups is 1. The van der Waals surface area contributed by atoms with Crippen molar-refractivity contribution in [2.45, 2.75) is 31.3 Å². The summed E-state index contributed by atoms with van der Waals surface area (Å²) in [5, 5.41) is 0. The smallest absolute Gasteiger partial charge is 0.167 e. The maximum absolute atomic E-state index is 13.2. The second-order valence-electron chi connectivity index (χ2n) is 5.82. The van der Waals surface area contributed by atoms with Gasteiger partial charge in [0.15, 0.2) is 5.78 Å². The van der Waals surface area contributed by atoms with Crippen LogP contribution in [0.15, 0.2) is 22.7 Å². The van der Waals surface area contributed by atoms with Crippen LogP contribution >= 0.6 is 27.7 Å². The van der Waals surface area contributed by atoms with Gasteiger partial charge >= 0.3 is 0 Å². The molecule has 0 saturated carbocycles. The second-order valence-corrected chi connectivity index (χ2v) is 7.90. The average molecular weight is 373 g/mol. The van der Waals surface area contributed by atoms with E-state index in [2.05, 4.69) is 15.9 Å². The summed E-state index contributed by atoms with van der Waals surface area (Å²) in [6.45, 7) is 0.653. The third-order valence-corrected chi connectivity index (χ3v) is 6.11. The van der Waals surface area contributed by atoms with E-state index >= 15 is 0 Å². The molecule has 0 aromatic heterocycles. The number of ketones is 1. The van der Waals surface area contributed by atoms with Gasteiger partial charge in [0, 0.05) is 22.6 Å². The first-order valence-electron chi connectivity index (χ1n) is 7.31. The number of thioether (sulfide) groups is 1. The molecule has 0 amide bonds. The van der Waals surface area contributed by atoms with E-state index in [0.717, 1.165) is 37.2 Å². The first-order chi connectivity index (χ1) is 10.1. The lowest BCUT2D eigenvalue weighted by atomic mass is 9.79. The molecule has 0 radical (unpaired) electrons. The van der Waals surface area contributed by atoms with E-state index in [1.165, 1.54) is 12.1 Å². The summed E-state index contributed by atoms with van der Waals surface area (Å²) >= 11 is 5.26. The minimum Gasteiger partial charge on any atom is -0.375 e. The van der Waals surface area contributed by atoms with Crippen molar-refractivity contribution in [3.05, 3.63) is 34.1 Å². The highest BCUT2D eigenvalue weighted by atomic mass is 79.9. The molecule has 0 bridgehead atoms. The number of rotatable bonds is 2. The number of hydrogen-bond donors (Lipinski definition) is 0. The van der Waals surface area contributed by atoms with Crippen LogP contribution in [0.2, 0.25) is 0 Å². The van der Waals surface area contributed by atoms with Gasteiger partial charge in [0.1, 0.15) is 5.82 Å². The topological polar surface area (TPSA) is 26.3 Å². The molecule has 2 saturated heterocycles.